The first-order chi connectivity index (χ1) is 10.1. The molecule has 2 heterocycles. The predicted molar refractivity (Wildman–Crippen MR) is 81.1 cm³/mol. The van der Waals surface area contributed by atoms with E-state index in [1.165, 1.54) is 5.56 Å². The SMILES string of the molecule is CN1CCN(Cc2ccc(C(=O)N3CC(O)C3)cc2)CC1. The van der Waals surface area contributed by atoms with Gasteiger partial charge in [-0.3, -0.25) is 9.69 Å². The molecule has 0 spiro atoms. The summed E-state index contributed by atoms with van der Waals surface area (Å²) >= 11 is 0. The van der Waals surface area contributed by atoms with Gasteiger partial charge in [-0.05, 0) is 24.7 Å². The van der Waals surface area contributed by atoms with E-state index in [2.05, 4.69) is 16.8 Å². The summed E-state index contributed by atoms with van der Waals surface area (Å²) in [4.78, 5) is 18.6. The lowest BCUT2D eigenvalue weighted by Gasteiger charge is -2.36. The lowest BCUT2D eigenvalue weighted by atomic mass is 10.1. The number of hydrogen-bond acceptors (Lipinski definition) is 4. The minimum atomic E-state index is -0.342. The van der Waals surface area contributed by atoms with E-state index >= 15 is 0 Å². The third kappa shape index (κ3) is 3.43. The lowest BCUT2D eigenvalue weighted by Crippen LogP contribution is -2.53. The summed E-state index contributed by atoms with van der Waals surface area (Å²) in [5, 5.41) is 9.26. The number of aliphatic hydroxyl groups is 1. The first kappa shape index (κ1) is 14.5. The molecule has 21 heavy (non-hydrogen) atoms. The van der Waals surface area contributed by atoms with Crippen LogP contribution >= 0.6 is 0 Å². The van der Waals surface area contributed by atoms with Crippen LogP contribution in [-0.4, -0.2) is 78.1 Å². The smallest absolute Gasteiger partial charge is 0.254 e. The van der Waals surface area contributed by atoms with Crippen LogP contribution in [0.5, 0.6) is 0 Å². The highest BCUT2D eigenvalue weighted by molar-refractivity contribution is 5.94. The zero-order valence-corrected chi connectivity index (χ0v) is 12.5. The highest BCUT2D eigenvalue weighted by Gasteiger charge is 2.29. The number of piperazine rings is 1. The largest absolute Gasteiger partial charge is 0.389 e. The number of carbonyl (C=O) groups is 1. The van der Waals surface area contributed by atoms with Crippen LogP contribution in [0, 0.1) is 0 Å². The molecule has 5 nitrogen and oxygen atoms in total. The Kier molecular flexibility index (Phi) is 4.24. The van der Waals surface area contributed by atoms with Crippen molar-refractivity contribution < 1.29 is 9.90 Å². The minimum Gasteiger partial charge on any atom is -0.389 e. The van der Waals surface area contributed by atoms with Gasteiger partial charge in [0, 0.05) is 51.4 Å². The molecule has 2 aliphatic heterocycles. The molecule has 2 fully saturated rings. The van der Waals surface area contributed by atoms with Crippen LogP contribution in [0.4, 0.5) is 0 Å². The lowest BCUT2D eigenvalue weighted by molar-refractivity contribution is 0.00589. The summed E-state index contributed by atoms with van der Waals surface area (Å²) in [6, 6.07) is 7.89. The van der Waals surface area contributed by atoms with E-state index in [-0.39, 0.29) is 12.0 Å². The quantitative estimate of drug-likeness (QED) is 0.866. The van der Waals surface area contributed by atoms with Crippen molar-refractivity contribution in [1.82, 2.24) is 14.7 Å². The van der Waals surface area contributed by atoms with E-state index in [4.69, 9.17) is 0 Å². The second-order valence-corrected chi connectivity index (χ2v) is 6.14. The number of nitrogens with zero attached hydrogens (tertiary/aromatic N) is 3. The van der Waals surface area contributed by atoms with Crippen LogP contribution in [0.25, 0.3) is 0 Å². The Bertz CT molecular complexity index is 489. The standard InChI is InChI=1S/C16H23N3O2/c1-17-6-8-18(9-7-17)10-13-2-4-14(5-3-13)16(21)19-11-15(20)12-19/h2-5,15,20H,6-12H2,1H3. The number of hydrogen-bond donors (Lipinski definition) is 1. The van der Waals surface area contributed by atoms with Crippen LogP contribution in [0.2, 0.25) is 0 Å². The number of carbonyl (C=O) groups excluding carboxylic acids is 1. The van der Waals surface area contributed by atoms with Crippen LogP contribution in [-0.2, 0) is 6.54 Å². The maximum atomic E-state index is 12.1. The summed E-state index contributed by atoms with van der Waals surface area (Å²) in [5.74, 6) is 0.0199. The summed E-state index contributed by atoms with van der Waals surface area (Å²) < 4.78 is 0. The summed E-state index contributed by atoms with van der Waals surface area (Å²) in [6.45, 7) is 6.31. The molecule has 0 unspecified atom stereocenters. The minimum absolute atomic E-state index is 0.0199. The van der Waals surface area contributed by atoms with Crippen molar-refractivity contribution in [2.75, 3.05) is 46.3 Å². The second kappa shape index (κ2) is 6.13. The first-order valence-electron chi connectivity index (χ1n) is 7.59. The molecule has 114 valence electrons. The maximum Gasteiger partial charge on any atom is 0.254 e. The van der Waals surface area contributed by atoms with Gasteiger partial charge in [-0.1, -0.05) is 12.1 Å². The molecule has 0 aliphatic carbocycles. The van der Waals surface area contributed by atoms with Crippen LogP contribution in [0.3, 0.4) is 0 Å². The summed E-state index contributed by atoms with van der Waals surface area (Å²) in [5.41, 5.74) is 1.96. The number of aliphatic hydroxyl groups excluding tert-OH is 1. The van der Waals surface area contributed by atoms with E-state index < -0.39 is 0 Å². The Morgan fingerprint density at radius 2 is 1.76 bits per heavy atom. The van der Waals surface area contributed by atoms with Gasteiger partial charge in [0.1, 0.15) is 0 Å². The monoisotopic (exact) mass is 289 g/mol. The molecule has 0 atom stereocenters. The summed E-state index contributed by atoms with van der Waals surface area (Å²) in [6.07, 6.45) is -0.342. The third-order valence-corrected chi connectivity index (χ3v) is 4.35. The Morgan fingerprint density at radius 1 is 1.14 bits per heavy atom. The van der Waals surface area contributed by atoms with Crippen molar-refractivity contribution in [3.05, 3.63) is 35.4 Å². The zero-order chi connectivity index (χ0) is 14.8. The van der Waals surface area contributed by atoms with Gasteiger partial charge < -0.3 is 14.9 Å². The van der Waals surface area contributed by atoms with Crippen LogP contribution < -0.4 is 0 Å². The van der Waals surface area contributed by atoms with Crippen molar-refractivity contribution in [3.63, 3.8) is 0 Å². The topological polar surface area (TPSA) is 47.0 Å². The molecule has 5 heteroatoms. The highest BCUT2D eigenvalue weighted by atomic mass is 16.3. The van der Waals surface area contributed by atoms with Gasteiger partial charge in [0.25, 0.3) is 5.91 Å². The number of amides is 1. The molecule has 2 saturated heterocycles. The zero-order valence-electron chi connectivity index (χ0n) is 12.5. The van der Waals surface area contributed by atoms with E-state index in [1.54, 1.807) is 4.90 Å². The fourth-order valence-electron chi connectivity index (χ4n) is 2.82. The van der Waals surface area contributed by atoms with E-state index in [0.29, 0.717) is 18.7 Å². The second-order valence-electron chi connectivity index (χ2n) is 6.14. The van der Waals surface area contributed by atoms with Crippen molar-refractivity contribution >= 4 is 5.91 Å². The van der Waals surface area contributed by atoms with E-state index in [9.17, 15) is 9.90 Å². The fraction of sp³-hybridized carbons (Fsp3) is 0.562. The van der Waals surface area contributed by atoms with E-state index in [0.717, 1.165) is 32.7 Å². The number of rotatable bonds is 3. The molecule has 0 bridgehead atoms. The van der Waals surface area contributed by atoms with Gasteiger partial charge in [-0.25, -0.2) is 0 Å². The van der Waals surface area contributed by atoms with Gasteiger partial charge in [0.05, 0.1) is 6.10 Å². The molecule has 0 saturated carbocycles. The van der Waals surface area contributed by atoms with Gasteiger partial charge >= 0.3 is 0 Å². The van der Waals surface area contributed by atoms with E-state index in [1.807, 2.05) is 24.3 Å². The molecular formula is C16H23N3O2. The Labute approximate surface area is 125 Å². The van der Waals surface area contributed by atoms with Crippen LogP contribution in [0.15, 0.2) is 24.3 Å². The van der Waals surface area contributed by atoms with Crippen molar-refractivity contribution in [2.24, 2.45) is 0 Å². The predicted octanol–water partition coefficient (Wildman–Crippen LogP) is 0.251. The molecule has 0 aromatic heterocycles. The molecule has 1 N–H and O–H groups in total. The normalized spacial score (nSPS) is 21.3. The molecule has 1 aromatic carbocycles. The maximum absolute atomic E-state index is 12.1. The highest BCUT2D eigenvalue weighted by Crippen LogP contribution is 2.15. The average molecular weight is 289 g/mol. The Balaban J connectivity index is 1.55. The van der Waals surface area contributed by atoms with Crippen molar-refractivity contribution in [2.45, 2.75) is 12.6 Å². The molecule has 2 aliphatic rings. The number of likely N-dealkylation sites (N-methyl/N-ethyl adjacent to an activating group) is 1. The van der Waals surface area contributed by atoms with Crippen LogP contribution in [0.1, 0.15) is 15.9 Å². The summed E-state index contributed by atoms with van der Waals surface area (Å²) in [7, 11) is 2.16. The van der Waals surface area contributed by atoms with Crippen molar-refractivity contribution in [1.29, 1.82) is 0 Å². The van der Waals surface area contributed by atoms with Gasteiger partial charge in [-0.2, -0.15) is 0 Å². The van der Waals surface area contributed by atoms with Gasteiger partial charge in [0.2, 0.25) is 0 Å². The van der Waals surface area contributed by atoms with Crippen molar-refractivity contribution in [3.8, 4) is 0 Å². The molecule has 1 amide bonds. The fourth-order valence-corrected chi connectivity index (χ4v) is 2.82. The van der Waals surface area contributed by atoms with Gasteiger partial charge in [-0.15, -0.1) is 0 Å². The molecular weight excluding hydrogens is 266 g/mol. The Hall–Kier alpha value is -1.43. The molecule has 0 radical (unpaired) electrons. The first-order valence-corrected chi connectivity index (χ1v) is 7.59. The molecule has 1 aromatic rings. The molecule has 3 rings (SSSR count). The number of β-amino-alcohol motifs (C(OH)–C–C–N with tert-alkyl or cyclic N) is 1. The number of benzene rings is 1. The number of likely N-dealkylation sites (tertiary alicyclic amines) is 1. The average Bonchev–Trinajstić information content (AvgIpc) is 2.46. The van der Waals surface area contributed by atoms with Gasteiger partial charge in [0.15, 0.2) is 0 Å². The third-order valence-electron chi connectivity index (χ3n) is 4.35. The Morgan fingerprint density at radius 3 is 2.33 bits per heavy atom.